The molecule has 6 nitrogen and oxygen atoms in total. The van der Waals surface area contributed by atoms with Crippen molar-refractivity contribution in [1.29, 1.82) is 0 Å². The van der Waals surface area contributed by atoms with E-state index in [1.54, 1.807) is 24.4 Å². The van der Waals surface area contributed by atoms with E-state index in [1.807, 2.05) is 24.5 Å². The maximum Gasteiger partial charge on any atom is 0.337 e. The van der Waals surface area contributed by atoms with E-state index in [-0.39, 0.29) is 21.2 Å². The summed E-state index contributed by atoms with van der Waals surface area (Å²) >= 11 is 12.0. The first kappa shape index (κ1) is 20.6. The summed E-state index contributed by atoms with van der Waals surface area (Å²) in [6.45, 7) is 3.81. The van der Waals surface area contributed by atoms with Gasteiger partial charge in [-0.05, 0) is 56.3 Å². The number of nitrogens with zero attached hydrogens (tertiary/aromatic N) is 2. The standard InChI is InChI=1S/C21H16Cl2N2O4/c1-11-7-13(10-24-14-3-6-18(22)17(8-14)21(28)29)12(2)25(11)15-4-5-16(20(26)27)19(23)9-15/h3-10H,1-2H3,(H,26,27)(H,28,29). The highest BCUT2D eigenvalue weighted by Crippen LogP contribution is 2.26. The predicted molar refractivity (Wildman–Crippen MR) is 113 cm³/mol. The number of carboxylic acids is 2. The fourth-order valence-electron chi connectivity index (χ4n) is 3.03. The number of aliphatic imine (C=N–C) groups is 1. The van der Waals surface area contributed by atoms with E-state index in [4.69, 9.17) is 28.3 Å². The van der Waals surface area contributed by atoms with Gasteiger partial charge in [-0.15, -0.1) is 0 Å². The fraction of sp³-hybridized carbons (Fsp3) is 0.0952. The number of aromatic nitrogens is 1. The van der Waals surface area contributed by atoms with E-state index in [1.165, 1.54) is 18.2 Å². The molecule has 0 bridgehead atoms. The maximum absolute atomic E-state index is 11.2. The number of carbonyl (C=O) groups is 2. The summed E-state index contributed by atoms with van der Waals surface area (Å²) in [4.78, 5) is 26.7. The Labute approximate surface area is 176 Å². The lowest BCUT2D eigenvalue weighted by Gasteiger charge is -2.11. The predicted octanol–water partition coefficient (Wildman–Crippen LogP) is 5.55. The molecule has 0 radical (unpaired) electrons. The van der Waals surface area contributed by atoms with Crippen molar-refractivity contribution < 1.29 is 19.8 Å². The SMILES string of the molecule is Cc1cc(C=Nc2ccc(Cl)c(C(=O)O)c2)c(C)n1-c1ccc(C(=O)O)c(Cl)c1. The number of aromatic carboxylic acids is 2. The fourth-order valence-corrected chi connectivity index (χ4v) is 3.49. The van der Waals surface area contributed by atoms with Gasteiger partial charge in [0, 0.05) is 28.9 Å². The number of aryl methyl sites for hydroxylation is 1. The minimum atomic E-state index is -1.12. The monoisotopic (exact) mass is 430 g/mol. The van der Waals surface area contributed by atoms with Gasteiger partial charge in [0.05, 0.1) is 26.9 Å². The largest absolute Gasteiger partial charge is 0.478 e. The van der Waals surface area contributed by atoms with Crippen LogP contribution < -0.4 is 0 Å². The first-order chi connectivity index (χ1) is 13.7. The quantitative estimate of drug-likeness (QED) is 0.519. The Balaban J connectivity index is 1.97. The van der Waals surface area contributed by atoms with Crippen LogP contribution in [0.4, 0.5) is 5.69 Å². The second-order valence-electron chi connectivity index (χ2n) is 6.36. The Bertz CT molecular complexity index is 1170. The lowest BCUT2D eigenvalue weighted by Crippen LogP contribution is -2.02. The molecule has 8 heteroatoms. The third-order valence-electron chi connectivity index (χ3n) is 4.44. The molecule has 2 aromatic carbocycles. The summed E-state index contributed by atoms with van der Waals surface area (Å²) in [6.07, 6.45) is 1.64. The lowest BCUT2D eigenvalue weighted by molar-refractivity contribution is 0.0686. The zero-order chi connectivity index (χ0) is 21.3. The highest BCUT2D eigenvalue weighted by molar-refractivity contribution is 6.34. The van der Waals surface area contributed by atoms with Crippen molar-refractivity contribution in [1.82, 2.24) is 4.57 Å². The number of halogens is 2. The van der Waals surface area contributed by atoms with Crippen LogP contribution in [0.3, 0.4) is 0 Å². The molecule has 1 aromatic heterocycles. The van der Waals surface area contributed by atoms with Crippen LogP contribution in [0.2, 0.25) is 10.0 Å². The summed E-state index contributed by atoms with van der Waals surface area (Å²) in [6, 6.07) is 11.2. The van der Waals surface area contributed by atoms with Crippen LogP contribution in [-0.4, -0.2) is 32.9 Å². The minimum absolute atomic E-state index is 0.0139. The van der Waals surface area contributed by atoms with Gasteiger partial charge in [0.1, 0.15) is 0 Å². The van der Waals surface area contributed by atoms with Crippen LogP contribution in [0, 0.1) is 13.8 Å². The molecule has 29 heavy (non-hydrogen) atoms. The second kappa shape index (κ2) is 8.11. The van der Waals surface area contributed by atoms with Gasteiger partial charge < -0.3 is 14.8 Å². The van der Waals surface area contributed by atoms with Crippen molar-refractivity contribution in [3.63, 3.8) is 0 Å². The molecule has 3 aromatic rings. The molecule has 0 aliphatic rings. The van der Waals surface area contributed by atoms with E-state index >= 15 is 0 Å². The number of hydrogen-bond acceptors (Lipinski definition) is 3. The normalized spacial score (nSPS) is 11.2. The Morgan fingerprint density at radius 1 is 0.931 bits per heavy atom. The molecule has 0 amide bonds. The Kier molecular flexibility index (Phi) is 5.77. The van der Waals surface area contributed by atoms with Crippen LogP contribution in [0.25, 0.3) is 5.69 Å². The molecule has 1 heterocycles. The summed E-state index contributed by atoms with van der Waals surface area (Å²) in [5.74, 6) is -2.20. The maximum atomic E-state index is 11.2. The average molecular weight is 431 g/mol. The Morgan fingerprint density at radius 2 is 1.62 bits per heavy atom. The minimum Gasteiger partial charge on any atom is -0.478 e. The molecule has 148 valence electrons. The number of benzene rings is 2. The molecule has 0 unspecified atom stereocenters. The number of hydrogen-bond donors (Lipinski definition) is 2. The molecule has 0 atom stereocenters. The summed E-state index contributed by atoms with van der Waals surface area (Å²) in [5, 5.41) is 18.6. The van der Waals surface area contributed by atoms with Gasteiger partial charge in [0.2, 0.25) is 0 Å². The van der Waals surface area contributed by atoms with Crippen LogP contribution in [0.5, 0.6) is 0 Å². The third-order valence-corrected chi connectivity index (χ3v) is 5.09. The van der Waals surface area contributed by atoms with Gasteiger partial charge in [-0.1, -0.05) is 23.2 Å². The van der Waals surface area contributed by atoms with Gasteiger partial charge in [-0.3, -0.25) is 4.99 Å². The molecule has 3 rings (SSSR count). The molecule has 0 fully saturated rings. The second-order valence-corrected chi connectivity index (χ2v) is 7.17. The van der Waals surface area contributed by atoms with Crippen molar-refractivity contribution in [2.24, 2.45) is 4.99 Å². The lowest BCUT2D eigenvalue weighted by atomic mass is 10.2. The van der Waals surface area contributed by atoms with Crippen LogP contribution in [0.1, 0.15) is 37.7 Å². The smallest absolute Gasteiger partial charge is 0.337 e. The van der Waals surface area contributed by atoms with Crippen molar-refractivity contribution in [3.8, 4) is 5.69 Å². The zero-order valence-electron chi connectivity index (χ0n) is 15.5. The molecule has 0 saturated carbocycles. The number of carboxylic acid groups (broad SMARTS) is 2. The summed E-state index contributed by atoms with van der Waals surface area (Å²) in [7, 11) is 0. The molecule has 0 aliphatic carbocycles. The van der Waals surface area contributed by atoms with Gasteiger partial charge in [0.15, 0.2) is 0 Å². The number of rotatable bonds is 5. The third kappa shape index (κ3) is 4.18. The Morgan fingerprint density at radius 3 is 2.24 bits per heavy atom. The van der Waals surface area contributed by atoms with Gasteiger partial charge in [-0.25, -0.2) is 9.59 Å². The highest BCUT2D eigenvalue weighted by Gasteiger charge is 2.14. The van der Waals surface area contributed by atoms with Crippen LogP contribution in [0.15, 0.2) is 47.5 Å². The van der Waals surface area contributed by atoms with Crippen molar-refractivity contribution in [3.05, 3.63) is 80.6 Å². The zero-order valence-corrected chi connectivity index (χ0v) is 17.0. The van der Waals surface area contributed by atoms with E-state index in [2.05, 4.69) is 4.99 Å². The van der Waals surface area contributed by atoms with E-state index in [9.17, 15) is 14.7 Å². The van der Waals surface area contributed by atoms with Crippen LogP contribution >= 0.6 is 23.2 Å². The molecule has 0 aliphatic heterocycles. The van der Waals surface area contributed by atoms with E-state index in [0.29, 0.717) is 5.69 Å². The van der Waals surface area contributed by atoms with Gasteiger partial charge in [-0.2, -0.15) is 0 Å². The topological polar surface area (TPSA) is 91.9 Å². The molecule has 2 N–H and O–H groups in total. The molecule has 0 spiro atoms. The van der Waals surface area contributed by atoms with Gasteiger partial charge in [0.25, 0.3) is 0 Å². The molecular formula is C21H16Cl2N2O4. The first-order valence-electron chi connectivity index (χ1n) is 8.48. The van der Waals surface area contributed by atoms with Crippen molar-refractivity contribution in [2.75, 3.05) is 0 Å². The average Bonchev–Trinajstić information content (AvgIpc) is 2.93. The Hall–Kier alpha value is -3.09. The summed E-state index contributed by atoms with van der Waals surface area (Å²) in [5.41, 5.74) is 3.83. The molecule has 0 saturated heterocycles. The summed E-state index contributed by atoms with van der Waals surface area (Å²) < 4.78 is 1.93. The van der Waals surface area contributed by atoms with Crippen molar-refractivity contribution >= 4 is 47.0 Å². The van der Waals surface area contributed by atoms with E-state index < -0.39 is 11.9 Å². The first-order valence-corrected chi connectivity index (χ1v) is 9.23. The van der Waals surface area contributed by atoms with Crippen LogP contribution in [-0.2, 0) is 0 Å². The van der Waals surface area contributed by atoms with Gasteiger partial charge >= 0.3 is 11.9 Å². The highest BCUT2D eigenvalue weighted by atomic mass is 35.5. The van der Waals surface area contributed by atoms with Crippen molar-refractivity contribution in [2.45, 2.75) is 13.8 Å². The molecular weight excluding hydrogens is 415 g/mol. The van der Waals surface area contributed by atoms with E-state index in [0.717, 1.165) is 22.6 Å².